The SMILES string of the molecule is O=C(CSc1ccc(NC(=O)/C(=C/c2ccc(Cl)cc2)NC(=O)c2ccccc2)cc1)Nc1ccccn1. The Morgan fingerprint density at radius 1 is 0.816 bits per heavy atom. The Morgan fingerprint density at radius 2 is 1.53 bits per heavy atom. The summed E-state index contributed by atoms with van der Waals surface area (Å²) in [6.07, 6.45) is 3.19. The minimum Gasteiger partial charge on any atom is -0.321 e. The van der Waals surface area contributed by atoms with Gasteiger partial charge in [0, 0.05) is 27.4 Å². The molecule has 190 valence electrons. The van der Waals surface area contributed by atoms with Crippen molar-refractivity contribution in [3.05, 3.63) is 125 Å². The molecular formula is C29H23ClN4O3S. The van der Waals surface area contributed by atoms with Crippen LogP contribution in [0.3, 0.4) is 0 Å². The minimum absolute atomic E-state index is 0.0748. The number of nitrogens with one attached hydrogen (secondary N) is 3. The van der Waals surface area contributed by atoms with E-state index in [1.165, 1.54) is 11.8 Å². The van der Waals surface area contributed by atoms with Gasteiger partial charge in [-0.15, -0.1) is 11.8 Å². The quantitative estimate of drug-likeness (QED) is 0.181. The summed E-state index contributed by atoms with van der Waals surface area (Å²) >= 11 is 7.33. The molecule has 0 aliphatic carbocycles. The molecule has 0 aliphatic heterocycles. The van der Waals surface area contributed by atoms with Crippen LogP contribution in [0.4, 0.5) is 11.5 Å². The van der Waals surface area contributed by atoms with Gasteiger partial charge in [0.1, 0.15) is 11.5 Å². The van der Waals surface area contributed by atoms with Gasteiger partial charge < -0.3 is 16.0 Å². The molecule has 1 heterocycles. The topological polar surface area (TPSA) is 100 Å². The lowest BCUT2D eigenvalue weighted by atomic mass is 10.1. The summed E-state index contributed by atoms with van der Waals surface area (Å²) < 4.78 is 0. The molecule has 3 N–H and O–H groups in total. The number of rotatable bonds is 9. The second-order valence-corrected chi connectivity index (χ2v) is 9.45. The second kappa shape index (κ2) is 13.2. The van der Waals surface area contributed by atoms with Crippen LogP contribution in [0.1, 0.15) is 15.9 Å². The number of carbonyl (C=O) groups is 3. The monoisotopic (exact) mass is 542 g/mol. The number of hydrogen-bond acceptors (Lipinski definition) is 5. The lowest BCUT2D eigenvalue weighted by Crippen LogP contribution is -2.30. The predicted octanol–water partition coefficient (Wildman–Crippen LogP) is 5.88. The molecule has 0 fully saturated rings. The zero-order valence-electron chi connectivity index (χ0n) is 20.1. The van der Waals surface area contributed by atoms with Gasteiger partial charge in [-0.3, -0.25) is 14.4 Å². The Kier molecular flexibility index (Phi) is 9.28. The molecule has 0 saturated carbocycles. The van der Waals surface area contributed by atoms with Gasteiger partial charge in [-0.25, -0.2) is 4.98 Å². The first-order chi connectivity index (χ1) is 18.5. The third-order valence-corrected chi connectivity index (χ3v) is 6.39. The normalized spacial score (nSPS) is 10.9. The molecular weight excluding hydrogens is 520 g/mol. The minimum atomic E-state index is -0.487. The molecule has 7 nitrogen and oxygen atoms in total. The Balaban J connectivity index is 1.40. The Morgan fingerprint density at radius 3 is 2.21 bits per heavy atom. The average Bonchev–Trinajstić information content (AvgIpc) is 2.94. The Bertz CT molecular complexity index is 1430. The van der Waals surface area contributed by atoms with Gasteiger partial charge in [-0.05, 0) is 72.3 Å². The van der Waals surface area contributed by atoms with Crippen molar-refractivity contribution in [2.75, 3.05) is 16.4 Å². The number of hydrogen-bond donors (Lipinski definition) is 3. The van der Waals surface area contributed by atoms with Crippen LogP contribution in [0, 0.1) is 0 Å². The standard InChI is InChI=1S/C29H23ClN4O3S/c30-22-11-9-20(10-12-22)18-25(33-28(36)21-6-2-1-3-7-21)29(37)32-23-13-15-24(16-14-23)38-19-27(35)34-26-8-4-5-17-31-26/h1-18H,19H2,(H,32,37)(H,33,36)(H,31,34,35)/b25-18-. The van der Waals surface area contributed by atoms with Gasteiger partial charge in [-0.2, -0.15) is 0 Å². The van der Waals surface area contributed by atoms with E-state index in [1.807, 2.05) is 6.07 Å². The summed E-state index contributed by atoms with van der Waals surface area (Å²) in [6.45, 7) is 0. The fourth-order valence-corrected chi connectivity index (χ4v) is 4.09. The molecule has 38 heavy (non-hydrogen) atoms. The first-order valence-electron chi connectivity index (χ1n) is 11.5. The summed E-state index contributed by atoms with van der Waals surface area (Å²) in [4.78, 5) is 43.0. The van der Waals surface area contributed by atoms with Crippen molar-refractivity contribution in [2.24, 2.45) is 0 Å². The zero-order valence-corrected chi connectivity index (χ0v) is 21.6. The van der Waals surface area contributed by atoms with Gasteiger partial charge in [0.25, 0.3) is 11.8 Å². The van der Waals surface area contributed by atoms with E-state index in [0.717, 1.165) is 4.90 Å². The van der Waals surface area contributed by atoms with Crippen molar-refractivity contribution in [3.63, 3.8) is 0 Å². The number of thioether (sulfide) groups is 1. The predicted molar refractivity (Wildman–Crippen MR) is 152 cm³/mol. The van der Waals surface area contributed by atoms with Crippen LogP contribution >= 0.6 is 23.4 Å². The van der Waals surface area contributed by atoms with E-state index in [4.69, 9.17) is 11.6 Å². The van der Waals surface area contributed by atoms with Crippen molar-refractivity contribution >= 4 is 58.7 Å². The fourth-order valence-electron chi connectivity index (χ4n) is 3.27. The summed E-state index contributed by atoms with van der Waals surface area (Å²) in [6, 6.07) is 27.9. The maximum atomic E-state index is 13.1. The highest BCUT2D eigenvalue weighted by molar-refractivity contribution is 8.00. The highest BCUT2D eigenvalue weighted by Crippen LogP contribution is 2.21. The number of anilines is 2. The van der Waals surface area contributed by atoms with Gasteiger partial charge >= 0.3 is 0 Å². The first-order valence-corrected chi connectivity index (χ1v) is 12.9. The molecule has 0 aliphatic rings. The lowest BCUT2D eigenvalue weighted by molar-refractivity contribution is -0.114. The van der Waals surface area contributed by atoms with Gasteiger partial charge in [0.05, 0.1) is 5.75 Å². The summed E-state index contributed by atoms with van der Waals surface area (Å²) in [7, 11) is 0. The van der Waals surface area contributed by atoms with E-state index in [9.17, 15) is 14.4 Å². The van der Waals surface area contributed by atoms with Crippen molar-refractivity contribution < 1.29 is 14.4 Å². The van der Waals surface area contributed by atoms with Crippen molar-refractivity contribution in [1.29, 1.82) is 0 Å². The molecule has 4 rings (SSSR count). The van der Waals surface area contributed by atoms with E-state index >= 15 is 0 Å². The molecule has 0 saturated heterocycles. The molecule has 3 amide bonds. The van der Waals surface area contributed by atoms with Crippen LogP contribution in [-0.2, 0) is 9.59 Å². The molecule has 0 radical (unpaired) electrons. The summed E-state index contributed by atoms with van der Waals surface area (Å²) in [5, 5.41) is 8.81. The average molecular weight is 543 g/mol. The molecule has 0 unspecified atom stereocenters. The van der Waals surface area contributed by atoms with Gasteiger partial charge in [-0.1, -0.05) is 48.0 Å². The van der Waals surface area contributed by atoms with Gasteiger partial charge in [0.15, 0.2) is 0 Å². The highest BCUT2D eigenvalue weighted by Gasteiger charge is 2.15. The largest absolute Gasteiger partial charge is 0.321 e. The van der Waals surface area contributed by atoms with Crippen LogP contribution < -0.4 is 16.0 Å². The molecule has 1 aromatic heterocycles. The molecule has 3 aromatic carbocycles. The van der Waals surface area contributed by atoms with E-state index in [1.54, 1.807) is 103 Å². The van der Waals surface area contributed by atoms with E-state index in [2.05, 4.69) is 20.9 Å². The van der Waals surface area contributed by atoms with Crippen LogP contribution in [0.25, 0.3) is 6.08 Å². The van der Waals surface area contributed by atoms with E-state index in [0.29, 0.717) is 27.7 Å². The van der Waals surface area contributed by atoms with E-state index in [-0.39, 0.29) is 17.4 Å². The third kappa shape index (κ3) is 8.06. The molecule has 4 aromatic rings. The van der Waals surface area contributed by atoms with Crippen LogP contribution in [0.15, 0.2) is 114 Å². The lowest BCUT2D eigenvalue weighted by Gasteiger charge is -2.12. The van der Waals surface area contributed by atoms with Gasteiger partial charge in [0.2, 0.25) is 5.91 Å². The number of halogens is 1. The van der Waals surface area contributed by atoms with Crippen molar-refractivity contribution in [1.82, 2.24) is 10.3 Å². The van der Waals surface area contributed by atoms with Crippen molar-refractivity contribution in [2.45, 2.75) is 4.90 Å². The highest BCUT2D eigenvalue weighted by atomic mass is 35.5. The first kappa shape index (κ1) is 26.7. The Labute approximate surface area is 229 Å². The number of benzene rings is 3. The van der Waals surface area contributed by atoms with Crippen LogP contribution in [-0.4, -0.2) is 28.5 Å². The smallest absolute Gasteiger partial charge is 0.272 e. The number of nitrogens with zero attached hydrogens (tertiary/aromatic N) is 1. The maximum absolute atomic E-state index is 13.1. The second-order valence-electron chi connectivity index (χ2n) is 7.96. The summed E-state index contributed by atoms with van der Waals surface area (Å²) in [5.41, 5.74) is 1.73. The number of pyridine rings is 1. The molecule has 9 heteroatoms. The zero-order chi connectivity index (χ0) is 26.7. The number of amides is 3. The number of aromatic nitrogens is 1. The fraction of sp³-hybridized carbons (Fsp3) is 0.0345. The molecule has 0 bridgehead atoms. The summed E-state index contributed by atoms with van der Waals surface area (Å²) in [5.74, 6) is -0.354. The molecule has 0 spiro atoms. The third-order valence-electron chi connectivity index (χ3n) is 5.12. The van der Waals surface area contributed by atoms with E-state index < -0.39 is 11.8 Å². The number of carbonyl (C=O) groups excluding carboxylic acids is 3. The Hall–Kier alpha value is -4.40. The van der Waals surface area contributed by atoms with Crippen LogP contribution in [0.5, 0.6) is 0 Å². The maximum Gasteiger partial charge on any atom is 0.272 e. The van der Waals surface area contributed by atoms with Crippen molar-refractivity contribution in [3.8, 4) is 0 Å². The van der Waals surface area contributed by atoms with Crippen LogP contribution in [0.2, 0.25) is 5.02 Å². The molecule has 0 atom stereocenters.